The van der Waals surface area contributed by atoms with Crippen LogP contribution in [0.25, 0.3) is 0 Å². The van der Waals surface area contributed by atoms with Crippen molar-refractivity contribution in [1.82, 2.24) is 5.32 Å². The van der Waals surface area contributed by atoms with Crippen molar-refractivity contribution in [3.05, 3.63) is 94.5 Å². The molecule has 3 aromatic carbocycles. The summed E-state index contributed by atoms with van der Waals surface area (Å²) in [6.07, 6.45) is 0.388. The number of amides is 2. The second-order valence-electron chi connectivity index (χ2n) is 7.72. The van der Waals surface area contributed by atoms with Crippen LogP contribution in [-0.4, -0.2) is 24.5 Å². The Morgan fingerprint density at radius 2 is 1.84 bits per heavy atom. The van der Waals surface area contributed by atoms with Crippen LogP contribution in [0.15, 0.2) is 72.8 Å². The van der Waals surface area contributed by atoms with E-state index in [0.29, 0.717) is 28.4 Å². The standard InChI is InChI=1S/C25H23ClN2O3/c1-25(24(30)27-16-18-9-4-6-13-22(18)31-2)15-17-8-3-5-12-21(17)23(29)28(25)20-11-7-10-19(26)14-20/h3-14H,15-16H2,1-2H3,(H,27,30)/t25-/m1/s1. The first-order valence-electron chi connectivity index (χ1n) is 10.0. The van der Waals surface area contributed by atoms with E-state index in [-0.39, 0.29) is 18.4 Å². The molecule has 1 aliphatic rings. The molecule has 158 valence electrons. The van der Waals surface area contributed by atoms with Gasteiger partial charge in [0.15, 0.2) is 0 Å². The molecule has 2 amide bonds. The Bertz CT molecular complexity index is 1150. The van der Waals surface area contributed by atoms with Gasteiger partial charge in [-0.1, -0.05) is 54.1 Å². The van der Waals surface area contributed by atoms with Gasteiger partial charge in [-0.15, -0.1) is 0 Å². The van der Waals surface area contributed by atoms with Gasteiger partial charge >= 0.3 is 0 Å². The van der Waals surface area contributed by atoms with E-state index in [9.17, 15) is 9.59 Å². The molecule has 31 heavy (non-hydrogen) atoms. The van der Waals surface area contributed by atoms with Crippen molar-refractivity contribution in [3.8, 4) is 5.75 Å². The first-order valence-corrected chi connectivity index (χ1v) is 10.4. The predicted octanol–water partition coefficient (Wildman–Crippen LogP) is 4.63. The molecule has 1 heterocycles. The highest BCUT2D eigenvalue weighted by molar-refractivity contribution is 6.31. The number of rotatable bonds is 5. The minimum Gasteiger partial charge on any atom is -0.496 e. The fraction of sp³-hybridized carbons (Fsp3) is 0.200. The second-order valence-corrected chi connectivity index (χ2v) is 8.16. The minimum absolute atomic E-state index is 0.223. The molecular formula is C25H23ClN2O3. The molecule has 0 aliphatic carbocycles. The van der Waals surface area contributed by atoms with Crippen LogP contribution in [0.2, 0.25) is 5.02 Å². The third kappa shape index (κ3) is 3.89. The van der Waals surface area contributed by atoms with Crippen molar-refractivity contribution in [2.45, 2.75) is 25.4 Å². The van der Waals surface area contributed by atoms with Gasteiger partial charge in [-0.3, -0.25) is 14.5 Å². The minimum atomic E-state index is -1.13. The Kier molecular flexibility index (Phi) is 5.70. The summed E-state index contributed by atoms with van der Waals surface area (Å²) in [5, 5.41) is 3.50. The maximum atomic E-state index is 13.5. The number of methoxy groups -OCH3 is 1. The van der Waals surface area contributed by atoms with E-state index in [4.69, 9.17) is 16.3 Å². The summed E-state index contributed by atoms with van der Waals surface area (Å²) in [5.74, 6) is 0.227. The predicted molar refractivity (Wildman–Crippen MR) is 122 cm³/mol. The molecule has 0 bridgehead atoms. The molecule has 0 saturated heterocycles. The highest BCUT2D eigenvalue weighted by Crippen LogP contribution is 2.36. The van der Waals surface area contributed by atoms with Gasteiger partial charge in [-0.05, 0) is 42.8 Å². The largest absolute Gasteiger partial charge is 0.496 e. The number of carbonyl (C=O) groups is 2. The molecular weight excluding hydrogens is 412 g/mol. The first-order chi connectivity index (χ1) is 14.9. The molecule has 1 aliphatic heterocycles. The van der Waals surface area contributed by atoms with E-state index >= 15 is 0 Å². The van der Waals surface area contributed by atoms with E-state index in [1.165, 1.54) is 0 Å². The van der Waals surface area contributed by atoms with Crippen molar-refractivity contribution < 1.29 is 14.3 Å². The molecule has 0 saturated carbocycles. The Labute approximate surface area is 186 Å². The van der Waals surface area contributed by atoms with Crippen molar-refractivity contribution in [1.29, 1.82) is 0 Å². The number of halogens is 1. The van der Waals surface area contributed by atoms with E-state index in [0.717, 1.165) is 11.1 Å². The maximum absolute atomic E-state index is 13.5. The van der Waals surface area contributed by atoms with Crippen LogP contribution in [0, 0.1) is 0 Å². The Hall–Kier alpha value is -3.31. The van der Waals surface area contributed by atoms with E-state index in [1.54, 1.807) is 49.3 Å². The number of anilines is 1. The normalized spacial score (nSPS) is 17.8. The number of ether oxygens (including phenoxy) is 1. The van der Waals surface area contributed by atoms with Crippen molar-refractivity contribution >= 4 is 29.1 Å². The Balaban J connectivity index is 1.71. The lowest BCUT2D eigenvalue weighted by Gasteiger charge is -2.44. The highest BCUT2D eigenvalue weighted by Gasteiger charge is 2.47. The van der Waals surface area contributed by atoms with Gasteiger partial charge < -0.3 is 10.1 Å². The van der Waals surface area contributed by atoms with E-state index in [2.05, 4.69) is 5.32 Å². The van der Waals surface area contributed by atoms with Gasteiger partial charge in [0, 0.05) is 34.8 Å². The average Bonchev–Trinajstić information content (AvgIpc) is 2.77. The number of hydrogen-bond donors (Lipinski definition) is 1. The molecule has 0 unspecified atom stereocenters. The summed E-state index contributed by atoms with van der Waals surface area (Å²) in [6, 6.07) is 21.9. The number of nitrogens with zero attached hydrogens (tertiary/aromatic N) is 1. The zero-order valence-electron chi connectivity index (χ0n) is 17.4. The van der Waals surface area contributed by atoms with Crippen LogP contribution in [0.1, 0.15) is 28.4 Å². The number of hydrogen-bond acceptors (Lipinski definition) is 3. The SMILES string of the molecule is COc1ccccc1CNC(=O)[C@@]1(C)Cc2ccccc2C(=O)N1c1cccc(Cl)c1. The first kappa shape index (κ1) is 20.9. The lowest BCUT2D eigenvalue weighted by Crippen LogP contribution is -2.63. The van der Waals surface area contributed by atoms with Crippen LogP contribution in [0.4, 0.5) is 5.69 Å². The quantitative estimate of drug-likeness (QED) is 0.637. The lowest BCUT2D eigenvalue weighted by molar-refractivity contribution is -0.126. The fourth-order valence-corrected chi connectivity index (χ4v) is 4.28. The molecule has 3 aromatic rings. The van der Waals surface area contributed by atoms with Crippen LogP contribution in [0.5, 0.6) is 5.75 Å². The third-order valence-electron chi connectivity index (χ3n) is 5.67. The lowest BCUT2D eigenvalue weighted by atomic mass is 9.82. The molecule has 4 rings (SSSR count). The molecule has 1 N–H and O–H groups in total. The number of para-hydroxylation sites is 1. The summed E-state index contributed by atoms with van der Waals surface area (Å²) < 4.78 is 5.38. The number of carbonyl (C=O) groups excluding carboxylic acids is 2. The van der Waals surface area contributed by atoms with Gasteiger partial charge in [-0.25, -0.2) is 0 Å². The number of nitrogens with one attached hydrogen (secondary N) is 1. The van der Waals surface area contributed by atoms with Crippen molar-refractivity contribution in [2.24, 2.45) is 0 Å². The summed E-state index contributed by atoms with van der Waals surface area (Å²) in [4.78, 5) is 28.6. The zero-order chi connectivity index (χ0) is 22.0. The van der Waals surface area contributed by atoms with E-state index < -0.39 is 5.54 Å². The fourth-order valence-electron chi connectivity index (χ4n) is 4.09. The number of fused-ring (bicyclic) bond motifs is 1. The summed E-state index contributed by atoms with van der Waals surface area (Å²) in [6.45, 7) is 2.08. The van der Waals surface area contributed by atoms with Gasteiger partial charge in [-0.2, -0.15) is 0 Å². The van der Waals surface area contributed by atoms with Gasteiger partial charge in [0.1, 0.15) is 11.3 Å². The van der Waals surface area contributed by atoms with Crippen LogP contribution < -0.4 is 15.0 Å². The zero-order valence-corrected chi connectivity index (χ0v) is 18.1. The molecule has 0 fully saturated rings. The molecule has 0 aromatic heterocycles. The second kappa shape index (κ2) is 8.44. The van der Waals surface area contributed by atoms with Crippen LogP contribution >= 0.6 is 11.6 Å². The molecule has 5 nitrogen and oxygen atoms in total. The van der Waals surface area contributed by atoms with Gasteiger partial charge in [0.05, 0.1) is 7.11 Å². The highest BCUT2D eigenvalue weighted by atomic mass is 35.5. The number of benzene rings is 3. The molecule has 6 heteroatoms. The van der Waals surface area contributed by atoms with Gasteiger partial charge in [0.25, 0.3) is 5.91 Å². The van der Waals surface area contributed by atoms with E-state index in [1.807, 2.05) is 42.5 Å². The van der Waals surface area contributed by atoms with Crippen molar-refractivity contribution in [3.63, 3.8) is 0 Å². The molecule has 0 radical (unpaired) electrons. The average molecular weight is 435 g/mol. The summed E-state index contributed by atoms with van der Waals surface area (Å²) >= 11 is 6.21. The van der Waals surface area contributed by atoms with Crippen LogP contribution in [-0.2, 0) is 17.8 Å². The molecule has 0 spiro atoms. The van der Waals surface area contributed by atoms with Crippen molar-refractivity contribution in [2.75, 3.05) is 12.0 Å². The molecule has 1 atom stereocenters. The summed E-state index contributed by atoms with van der Waals surface area (Å²) in [7, 11) is 1.60. The smallest absolute Gasteiger partial charge is 0.259 e. The Morgan fingerprint density at radius 1 is 1.10 bits per heavy atom. The third-order valence-corrected chi connectivity index (χ3v) is 5.90. The summed E-state index contributed by atoms with van der Waals surface area (Å²) in [5.41, 5.74) is 1.76. The monoisotopic (exact) mass is 434 g/mol. The maximum Gasteiger partial charge on any atom is 0.259 e. The topological polar surface area (TPSA) is 58.6 Å². The van der Waals surface area contributed by atoms with Crippen LogP contribution in [0.3, 0.4) is 0 Å². The van der Waals surface area contributed by atoms with Gasteiger partial charge in [0.2, 0.25) is 5.91 Å². The Morgan fingerprint density at radius 3 is 2.61 bits per heavy atom.